The number of aryl methyl sites for hydroxylation is 1. The molecule has 3 aromatic rings. The highest BCUT2D eigenvalue weighted by molar-refractivity contribution is 5.95. The molecule has 0 bridgehead atoms. The average molecular weight is 348 g/mol. The Bertz CT molecular complexity index is 923. The van der Waals surface area contributed by atoms with E-state index in [1.807, 2.05) is 47.9 Å². The van der Waals surface area contributed by atoms with Crippen LogP contribution in [-0.2, 0) is 0 Å². The molecule has 1 N–H and O–H groups in total. The minimum absolute atomic E-state index is 0.00813. The highest BCUT2D eigenvalue weighted by Gasteiger charge is 2.17. The van der Waals surface area contributed by atoms with E-state index in [0.29, 0.717) is 11.6 Å². The van der Waals surface area contributed by atoms with E-state index in [2.05, 4.69) is 15.3 Å². The van der Waals surface area contributed by atoms with Crippen LogP contribution in [0.4, 0.5) is 0 Å². The van der Waals surface area contributed by atoms with Gasteiger partial charge in [0.25, 0.3) is 5.91 Å². The molecule has 1 aliphatic rings. The van der Waals surface area contributed by atoms with Crippen molar-refractivity contribution in [2.24, 2.45) is 0 Å². The minimum atomic E-state index is 0.00813. The van der Waals surface area contributed by atoms with E-state index in [9.17, 15) is 4.79 Å². The zero-order valence-corrected chi connectivity index (χ0v) is 15.1. The molecular formula is C21H24N4O. The van der Waals surface area contributed by atoms with Crippen molar-refractivity contribution in [3.63, 3.8) is 0 Å². The van der Waals surface area contributed by atoms with Gasteiger partial charge in [-0.3, -0.25) is 9.36 Å². The van der Waals surface area contributed by atoms with Crippen molar-refractivity contribution >= 4 is 17.1 Å². The Morgan fingerprint density at radius 2 is 1.92 bits per heavy atom. The molecule has 0 spiro atoms. The first-order valence-corrected chi connectivity index (χ1v) is 9.44. The van der Waals surface area contributed by atoms with Crippen LogP contribution in [0.25, 0.3) is 16.9 Å². The van der Waals surface area contributed by atoms with Gasteiger partial charge < -0.3 is 5.32 Å². The van der Waals surface area contributed by atoms with Crippen molar-refractivity contribution in [2.75, 3.05) is 0 Å². The number of hydrogen-bond acceptors (Lipinski definition) is 3. The van der Waals surface area contributed by atoms with Gasteiger partial charge in [0, 0.05) is 23.5 Å². The maximum atomic E-state index is 12.7. The molecule has 2 aromatic heterocycles. The molecule has 1 aliphatic carbocycles. The molecule has 5 nitrogen and oxygen atoms in total. The van der Waals surface area contributed by atoms with Gasteiger partial charge in [0.15, 0.2) is 5.65 Å². The van der Waals surface area contributed by atoms with E-state index >= 15 is 0 Å². The van der Waals surface area contributed by atoms with Crippen molar-refractivity contribution < 1.29 is 4.79 Å². The van der Waals surface area contributed by atoms with Crippen LogP contribution in [-0.4, -0.2) is 26.5 Å². The molecule has 4 rings (SSSR count). The number of carbonyl (C=O) groups is 1. The first-order valence-electron chi connectivity index (χ1n) is 9.44. The third-order valence-electron chi connectivity index (χ3n) is 5.14. The normalized spacial score (nSPS) is 15.7. The summed E-state index contributed by atoms with van der Waals surface area (Å²) in [4.78, 5) is 21.8. The predicted octanol–water partition coefficient (Wildman–Crippen LogP) is 4.18. The van der Waals surface area contributed by atoms with Crippen LogP contribution < -0.4 is 5.32 Å². The molecule has 1 fully saturated rings. The molecule has 0 saturated heterocycles. The predicted molar refractivity (Wildman–Crippen MR) is 103 cm³/mol. The lowest BCUT2D eigenvalue weighted by molar-refractivity contribution is 0.0933. The summed E-state index contributed by atoms with van der Waals surface area (Å²) in [5, 5.41) is 3.22. The van der Waals surface area contributed by atoms with Crippen LogP contribution in [0.1, 0.15) is 54.7 Å². The van der Waals surface area contributed by atoms with Crippen molar-refractivity contribution in [3.05, 3.63) is 54.0 Å². The third-order valence-corrected chi connectivity index (χ3v) is 5.14. The highest BCUT2D eigenvalue weighted by Crippen LogP contribution is 2.21. The molecule has 1 amide bonds. The van der Waals surface area contributed by atoms with Gasteiger partial charge >= 0.3 is 0 Å². The van der Waals surface area contributed by atoms with Gasteiger partial charge in [-0.2, -0.15) is 0 Å². The Labute approximate surface area is 153 Å². The number of nitrogens with zero attached hydrogens (tertiary/aromatic N) is 3. The number of rotatable bonds is 3. The number of nitrogens with one attached hydrogen (secondary N) is 1. The topological polar surface area (TPSA) is 59.8 Å². The molecule has 0 atom stereocenters. The quantitative estimate of drug-likeness (QED) is 0.722. The second kappa shape index (κ2) is 7.28. The Balaban J connectivity index is 1.62. The first kappa shape index (κ1) is 16.8. The van der Waals surface area contributed by atoms with Gasteiger partial charge in [-0.15, -0.1) is 0 Å². The van der Waals surface area contributed by atoms with Gasteiger partial charge in [-0.25, -0.2) is 9.97 Å². The van der Waals surface area contributed by atoms with Gasteiger partial charge in [0.2, 0.25) is 0 Å². The number of hydrogen-bond donors (Lipinski definition) is 1. The SMILES string of the molecule is Cc1nc2cccnc2n1-c1cccc(C(=O)NC2CCCCCC2)c1. The molecule has 1 saturated carbocycles. The van der Waals surface area contributed by atoms with Crippen LogP contribution in [0, 0.1) is 6.92 Å². The number of pyridine rings is 1. The number of aromatic nitrogens is 3. The van der Waals surface area contributed by atoms with Gasteiger partial charge in [0.05, 0.1) is 0 Å². The summed E-state index contributed by atoms with van der Waals surface area (Å²) >= 11 is 0. The second-order valence-electron chi connectivity index (χ2n) is 7.05. The zero-order valence-electron chi connectivity index (χ0n) is 15.1. The Morgan fingerprint density at radius 3 is 2.73 bits per heavy atom. The monoisotopic (exact) mass is 348 g/mol. The van der Waals surface area contributed by atoms with Crippen LogP contribution in [0.5, 0.6) is 0 Å². The Morgan fingerprint density at radius 1 is 1.12 bits per heavy atom. The molecular weight excluding hydrogens is 324 g/mol. The lowest BCUT2D eigenvalue weighted by Crippen LogP contribution is -2.34. The zero-order chi connectivity index (χ0) is 17.9. The minimum Gasteiger partial charge on any atom is -0.349 e. The van der Waals surface area contributed by atoms with Crippen LogP contribution in [0.2, 0.25) is 0 Å². The summed E-state index contributed by atoms with van der Waals surface area (Å²) in [5.41, 5.74) is 3.27. The van der Waals surface area contributed by atoms with Crippen molar-refractivity contribution in [1.82, 2.24) is 19.9 Å². The smallest absolute Gasteiger partial charge is 0.251 e. The summed E-state index contributed by atoms with van der Waals surface area (Å²) in [7, 11) is 0. The van der Waals surface area contributed by atoms with E-state index in [1.165, 1.54) is 25.7 Å². The Hall–Kier alpha value is -2.69. The third kappa shape index (κ3) is 3.34. The van der Waals surface area contributed by atoms with Crippen molar-refractivity contribution in [2.45, 2.75) is 51.5 Å². The second-order valence-corrected chi connectivity index (χ2v) is 7.05. The Kier molecular flexibility index (Phi) is 4.69. The number of imidazole rings is 1. The van der Waals surface area contributed by atoms with Crippen LogP contribution in [0.15, 0.2) is 42.6 Å². The van der Waals surface area contributed by atoms with Crippen LogP contribution >= 0.6 is 0 Å². The van der Waals surface area contributed by atoms with Crippen LogP contribution in [0.3, 0.4) is 0 Å². The summed E-state index contributed by atoms with van der Waals surface area (Å²) in [6.07, 6.45) is 8.90. The largest absolute Gasteiger partial charge is 0.349 e. The fourth-order valence-corrected chi connectivity index (χ4v) is 3.81. The molecule has 134 valence electrons. The maximum absolute atomic E-state index is 12.7. The fourth-order valence-electron chi connectivity index (χ4n) is 3.81. The molecule has 0 aliphatic heterocycles. The van der Waals surface area contributed by atoms with E-state index in [0.717, 1.165) is 35.5 Å². The summed E-state index contributed by atoms with van der Waals surface area (Å²) in [6, 6.07) is 11.8. The summed E-state index contributed by atoms with van der Waals surface area (Å²) < 4.78 is 2.00. The standard InChI is InChI=1S/C21H24N4O/c1-15-23-19-12-7-13-22-20(19)25(15)18-11-6-8-16(14-18)21(26)24-17-9-4-2-3-5-10-17/h6-8,11-14,17H,2-5,9-10H2,1H3,(H,24,26). The maximum Gasteiger partial charge on any atom is 0.251 e. The highest BCUT2D eigenvalue weighted by atomic mass is 16.1. The van der Waals surface area contributed by atoms with E-state index in [4.69, 9.17) is 0 Å². The molecule has 1 aromatic carbocycles. The van der Waals surface area contributed by atoms with Gasteiger partial charge in [-0.1, -0.05) is 31.7 Å². The van der Waals surface area contributed by atoms with Crippen molar-refractivity contribution in [3.8, 4) is 5.69 Å². The summed E-state index contributed by atoms with van der Waals surface area (Å²) in [6.45, 7) is 1.96. The van der Waals surface area contributed by atoms with Gasteiger partial charge in [-0.05, 0) is 50.1 Å². The first-order chi connectivity index (χ1) is 12.7. The molecule has 5 heteroatoms. The number of fused-ring (bicyclic) bond motifs is 1. The molecule has 26 heavy (non-hydrogen) atoms. The number of benzene rings is 1. The fraction of sp³-hybridized carbons (Fsp3) is 0.381. The van der Waals surface area contributed by atoms with Gasteiger partial charge in [0.1, 0.15) is 11.3 Å². The lowest BCUT2D eigenvalue weighted by atomic mass is 10.1. The number of amides is 1. The molecule has 0 radical (unpaired) electrons. The summed E-state index contributed by atoms with van der Waals surface area (Å²) in [5.74, 6) is 0.869. The average Bonchev–Trinajstić information content (AvgIpc) is 2.80. The van der Waals surface area contributed by atoms with E-state index < -0.39 is 0 Å². The van der Waals surface area contributed by atoms with E-state index in [-0.39, 0.29) is 5.91 Å². The molecule has 0 unspecified atom stereocenters. The number of carbonyl (C=O) groups excluding carboxylic acids is 1. The lowest BCUT2D eigenvalue weighted by Gasteiger charge is -2.16. The van der Waals surface area contributed by atoms with Crippen molar-refractivity contribution in [1.29, 1.82) is 0 Å². The van der Waals surface area contributed by atoms with E-state index in [1.54, 1.807) is 6.20 Å². The molecule has 2 heterocycles.